The van der Waals surface area contributed by atoms with Crippen LogP contribution in [0.15, 0.2) is 57.7 Å². The summed E-state index contributed by atoms with van der Waals surface area (Å²) < 4.78 is 15.2. The molecule has 0 spiro atoms. The fourth-order valence-electron chi connectivity index (χ4n) is 2.57. The fourth-order valence-corrected chi connectivity index (χ4v) is 2.57. The molecule has 27 heavy (non-hydrogen) atoms. The third kappa shape index (κ3) is 3.82. The Morgan fingerprint density at radius 1 is 1.11 bits per heavy atom. The van der Waals surface area contributed by atoms with Crippen molar-refractivity contribution in [3.8, 4) is 5.75 Å². The number of carbonyl (C=O) groups excluding carboxylic acids is 2. The monoisotopic (exact) mass is 367 g/mol. The van der Waals surface area contributed by atoms with Gasteiger partial charge in [0.2, 0.25) is 0 Å². The zero-order valence-electron chi connectivity index (χ0n) is 14.8. The van der Waals surface area contributed by atoms with Gasteiger partial charge in [-0.05, 0) is 48.7 Å². The summed E-state index contributed by atoms with van der Waals surface area (Å²) in [6.45, 7) is 1.90. The molecule has 1 N–H and O–H groups in total. The first-order valence-electron chi connectivity index (χ1n) is 8.23. The molecular weight excluding hydrogens is 350 g/mol. The van der Waals surface area contributed by atoms with Crippen molar-refractivity contribution in [2.24, 2.45) is 0 Å². The Balaban J connectivity index is 1.95. The van der Waals surface area contributed by atoms with Crippen LogP contribution in [0.3, 0.4) is 0 Å². The first kappa shape index (κ1) is 18.2. The second-order valence-electron chi connectivity index (χ2n) is 5.57. The van der Waals surface area contributed by atoms with E-state index >= 15 is 0 Å². The second kappa shape index (κ2) is 7.74. The third-order valence-electron chi connectivity index (χ3n) is 3.86. The van der Waals surface area contributed by atoms with Gasteiger partial charge >= 0.3 is 11.6 Å². The highest BCUT2D eigenvalue weighted by Gasteiger charge is 2.17. The molecule has 0 aliphatic heterocycles. The molecule has 0 saturated carbocycles. The topological polar surface area (TPSA) is 94.8 Å². The molecule has 0 atom stereocenters. The van der Waals surface area contributed by atoms with Gasteiger partial charge in [0, 0.05) is 0 Å². The number of para-hydroxylation sites is 1. The third-order valence-corrected chi connectivity index (χ3v) is 3.86. The minimum Gasteiger partial charge on any atom is -0.497 e. The summed E-state index contributed by atoms with van der Waals surface area (Å²) in [6.07, 6.45) is 0. The van der Waals surface area contributed by atoms with E-state index in [1.165, 1.54) is 19.2 Å². The maximum absolute atomic E-state index is 12.6. The highest BCUT2D eigenvalue weighted by Crippen LogP contribution is 2.21. The predicted octanol–water partition coefficient (Wildman–Crippen LogP) is 3.23. The van der Waals surface area contributed by atoms with E-state index < -0.39 is 17.5 Å². The minimum atomic E-state index is -0.659. The van der Waals surface area contributed by atoms with Gasteiger partial charge in [-0.2, -0.15) is 0 Å². The summed E-state index contributed by atoms with van der Waals surface area (Å²) >= 11 is 0. The van der Waals surface area contributed by atoms with Crippen molar-refractivity contribution in [2.75, 3.05) is 19.0 Å². The Kier molecular flexibility index (Phi) is 5.21. The molecular formula is C20H17NO6. The summed E-state index contributed by atoms with van der Waals surface area (Å²) in [5, 5.41) is 3.42. The molecule has 0 fully saturated rings. The lowest BCUT2D eigenvalue weighted by atomic mass is 10.1. The number of ether oxygens (including phenoxy) is 2. The molecule has 1 heterocycles. The molecule has 7 nitrogen and oxygen atoms in total. The molecule has 1 aromatic heterocycles. The van der Waals surface area contributed by atoms with Gasteiger partial charge in [0.05, 0.1) is 30.4 Å². The van der Waals surface area contributed by atoms with Crippen molar-refractivity contribution in [1.29, 1.82) is 0 Å². The molecule has 1 amide bonds. The Labute approximate surface area is 154 Å². The van der Waals surface area contributed by atoms with Crippen LogP contribution >= 0.6 is 0 Å². The first-order valence-corrected chi connectivity index (χ1v) is 8.23. The second-order valence-corrected chi connectivity index (χ2v) is 5.57. The van der Waals surface area contributed by atoms with Crippen LogP contribution in [0.2, 0.25) is 0 Å². The quantitative estimate of drug-likeness (QED) is 0.696. The molecule has 0 aliphatic rings. The average Bonchev–Trinajstić information content (AvgIpc) is 2.68. The lowest BCUT2D eigenvalue weighted by molar-refractivity contribution is 0.0527. The Bertz CT molecular complexity index is 1070. The molecule has 0 radical (unpaired) electrons. The van der Waals surface area contributed by atoms with E-state index in [2.05, 4.69) is 5.32 Å². The summed E-state index contributed by atoms with van der Waals surface area (Å²) in [7, 11) is 1.51. The predicted molar refractivity (Wildman–Crippen MR) is 99.4 cm³/mol. The van der Waals surface area contributed by atoms with Crippen LogP contribution < -0.4 is 15.7 Å². The van der Waals surface area contributed by atoms with Gasteiger partial charge in [-0.1, -0.05) is 12.1 Å². The Hall–Kier alpha value is -3.61. The molecule has 138 valence electrons. The molecule has 7 heteroatoms. The van der Waals surface area contributed by atoms with E-state index in [-0.39, 0.29) is 23.6 Å². The van der Waals surface area contributed by atoms with Crippen molar-refractivity contribution in [3.05, 3.63) is 70.3 Å². The van der Waals surface area contributed by atoms with Crippen LogP contribution in [0.5, 0.6) is 5.75 Å². The molecule has 3 rings (SSSR count). The number of amides is 1. The van der Waals surface area contributed by atoms with E-state index in [0.29, 0.717) is 16.5 Å². The number of rotatable bonds is 5. The SMILES string of the molecule is CCOC(=O)c1ccccc1NC(=O)c1cc2cc(OC)ccc2c(=O)o1. The summed E-state index contributed by atoms with van der Waals surface area (Å²) in [6, 6.07) is 12.7. The van der Waals surface area contributed by atoms with Gasteiger partial charge in [0.15, 0.2) is 5.76 Å². The van der Waals surface area contributed by atoms with Crippen LogP contribution in [0.25, 0.3) is 10.8 Å². The Morgan fingerprint density at radius 2 is 1.89 bits per heavy atom. The van der Waals surface area contributed by atoms with E-state index in [0.717, 1.165) is 0 Å². The van der Waals surface area contributed by atoms with Crippen LogP contribution in [0.1, 0.15) is 27.8 Å². The summed E-state index contributed by atoms with van der Waals surface area (Å²) in [4.78, 5) is 36.7. The van der Waals surface area contributed by atoms with Crippen molar-refractivity contribution >= 4 is 28.3 Å². The molecule has 0 bridgehead atoms. The van der Waals surface area contributed by atoms with E-state index in [4.69, 9.17) is 13.9 Å². The lowest BCUT2D eigenvalue weighted by Gasteiger charge is -2.10. The van der Waals surface area contributed by atoms with Gasteiger partial charge in [-0.3, -0.25) is 4.79 Å². The van der Waals surface area contributed by atoms with Gasteiger partial charge in [-0.25, -0.2) is 9.59 Å². The van der Waals surface area contributed by atoms with E-state index in [9.17, 15) is 14.4 Å². The zero-order valence-corrected chi connectivity index (χ0v) is 14.8. The van der Waals surface area contributed by atoms with Crippen molar-refractivity contribution in [2.45, 2.75) is 6.92 Å². The van der Waals surface area contributed by atoms with Crippen LogP contribution in [0.4, 0.5) is 5.69 Å². The number of anilines is 1. The molecule has 0 saturated heterocycles. The van der Waals surface area contributed by atoms with Crippen molar-refractivity contribution < 1.29 is 23.5 Å². The van der Waals surface area contributed by atoms with Crippen LogP contribution in [0, 0.1) is 0 Å². The highest BCUT2D eigenvalue weighted by molar-refractivity contribution is 6.07. The van der Waals surface area contributed by atoms with E-state index in [1.54, 1.807) is 43.3 Å². The van der Waals surface area contributed by atoms with Crippen molar-refractivity contribution in [1.82, 2.24) is 0 Å². The van der Waals surface area contributed by atoms with Gasteiger partial charge in [0.25, 0.3) is 5.91 Å². The van der Waals surface area contributed by atoms with Gasteiger partial charge in [0.1, 0.15) is 5.75 Å². The standard InChI is InChI=1S/C20H17NO6/c1-3-26-19(23)15-6-4-5-7-16(15)21-18(22)17-11-12-10-13(25-2)8-9-14(12)20(24)27-17/h4-11H,3H2,1-2H3,(H,21,22). The maximum Gasteiger partial charge on any atom is 0.344 e. The zero-order chi connectivity index (χ0) is 19.4. The van der Waals surface area contributed by atoms with E-state index in [1.807, 2.05) is 0 Å². The minimum absolute atomic E-state index is 0.181. The molecule has 3 aromatic rings. The number of benzene rings is 2. The highest BCUT2D eigenvalue weighted by atomic mass is 16.5. The van der Waals surface area contributed by atoms with Crippen LogP contribution in [-0.2, 0) is 4.74 Å². The number of hydrogen-bond acceptors (Lipinski definition) is 6. The molecule has 2 aromatic carbocycles. The summed E-state index contributed by atoms with van der Waals surface area (Å²) in [5.74, 6) is -0.849. The Morgan fingerprint density at radius 3 is 2.63 bits per heavy atom. The fraction of sp³-hybridized carbons (Fsp3) is 0.150. The number of methoxy groups -OCH3 is 1. The van der Waals surface area contributed by atoms with Crippen LogP contribution in [-0.4, -0.2) is 25.6 Å². The largest absolute Gasteiger partial charge is 0.497 e. The molecule has 0 unspecified atom stereocenters. The van der Waals surface area contributed by atoms with Crippen molar-refractivity contribution in [3.63, 3.8) is 0 Å². The number of carbonyl (C=O) groups is 2. The van der Waals surface area contributed by atoms with Gasteiger partial charge in [-0.15, -0.1) is 0 Å². The number of esters is 1. The smallest absolute Gasteiger partial charge is 0.344 e. The van der Waals surface area contributed by atoms with Gasteiger partial charge < -0.3 is 19.2 Å². The lowest BCUT2D eigenvalue weighted by Crippen LogP contribution is -2.17. The number of nitrogens with one attached hydrogen (secondary N) is 1. The number of fused-ring (bicyclic) bond motifs is 1. The maximum atomic E-state index is 12.6. The number of hydrogen-bond donors (Lipinski definition) is 1. The molecule has 0 aliphatic carbocycles. The first-order chi connectivity index (χ1) is 13.0. The average molecular weight is 367 g/mol. The normalized spacial score (nSPS) is 10.4. The summed E-state index contributed by atoms with van der Waals surface area (Å²) in [5.41, 5.74) is -0.175.